The van der Waals surface area contributed by atoms with E-state index in [0.717, 1.165) is 16.7 Å². The van der Waals surface area contributed by atoms with E-state index in [4.69, 9.17) is 9.26 Å². The van der Waals surface area contributed by atoms with Crippen molar-refractivity contribution in [2.24, 2.45) is 11.3 Å². The Morgan fingerprint density at radius 1 is 1.17 bits per heavy atom. The third-order valence-corrected chi connectivity index (χ3v) is 7.28. The summed E-state index contributed by atoms with van der Waals surface area (Å²) in [4.78, 5) is 65.2. The zero-order valence-corrected chi connectivity index (χ0v) is 26.5. The molecule has 0 aliphatic carbocycles. The van der Waals surface area contributed by atoms with Crippen LogP contribution in [0.25, 0.3) is 0 Å². The van der Waals surface area contributed by atoms with Gasteiger partial charge in [0.2, 0.25) is 11.8 Å². The summed E-state index contributed by atoms with van der Waals surface area (Å²) in [6, 6.07) is 5.09. The number of benzene rings is 1. The molecule has 3 N–H and O–H groups in total. The third kappa shape index (κ3) is 9.67. The van der Waals surface area contributed by atoms with E-state index in [1.54, 1.807) is 6.92 Å². The number of hydrogen-bond acceptors (Lipinski definition) is 8. The number of halogens is 2. The van der Waals surface area contributed by atoms with Gasteiger partial charge in [-0.15, -0.1) is 0 Å². The van der Waals surface area contributed by atoms with Gasteiger partial charge in [-0.25, -0.2) is 13.6 Å². The number of anilines is 1. The number of nitrogens with one attached hydrogen (secondary N) is 3. The van der Waals surface area contributed by atoms with E-state index in [1.165, 1.54) is 42.6 Å². The van der Waals surface area contributed by atoms with E-state index < -0.39 is 53.0 Å². The molecule has 3 amide bonds. The van der Waals surface area contributed by atoms with Crippen molar-refractivity contribution in [2.45, 2.75) is 59.0 Å². The largest absolute Gasteiger partial charge is 0.462 e. The number of pyridine rings is 1. The Morgan fingerprint density at radius 2 is 1.94 bits per heavy atom. The number of aryl methyl sites for hydroxylation is 1. The molecule has 1 saturated heterocycles. The van der Waals surface area contributed by atoms with Crippen LogP contribution < -0.4 is 21.5 Å². The maximum Gasteiger partial charge on any atom is 0.330 e. The van der Waals surface area contributed by atoms with Crippen molar-refractivity contribution in [1.82, 2.24) is 20.4 Å². The van der Waals surface area contributed by atoms with Crippen molar-refractivity contribution < 1.29 is 37.2 Å². The van der Waals surface area contributed by atoms with Gasteiger partial charge >= 0.3 is 5.97 Å². The predicted octanol–water partition coefficient (Wildman–Crippen LogP) is 3.62. The minimum atomic E-state index is -1.33. The van der Waals surface area contributed by atoms with Crippen molar-refractivity contribution in [3.8, 4) is 0 Å². The molecule has 1 fully saturated rings. The summed E-state index contributed by atoms with van der Waals surface area (Å²) in [5.74, 6) is -4.59. The highest BCUT2D eigenvalue weighted by Gasteiger charge is 2.30. The van der Waals surface area contributed by atoms with E-state index in [-0.39, 0.29) is 47.7 Å². The van der Waals surface area contributed by atoms with Crippen LogP contribution in [-0.4, -0.2) is 52.6 Å². The Morgan fingerprint density at radius 3 is 2.57 bits per heavy atom. The van der Waals surface area contributed by atoms with E-state index in [0.29, 0.717) is 18.7 Å². The summed E-state index contributed by atoms with van der Waals surface area (Å²) >= 11 is 0. The van der Waals surface area contributed by atoms with Gasteiger partial charge in [-0.1, -0.05) is 38.1 Å². The highest BCUT2D eigenvalue weighted by Crippen LogP contribution is 2.21. The van der Waals surface area contributed by atoms with Crippen LogP contribution in [0.3, 0.4) is 0 Å². The summed E-state index contributed by atoms with van der Waals surface area (Å²) in [6.07, 6.45) is 4.31. The Kier molecular flexibility index (Phi) is 11.1. The molecule has 0 bridgehead atoms. The Bertz CT molecular complexity index is 1730. The summed E-state index contributed by atoms with van der Waals surface area (Å²) < 4.78 is 39.2. The lowest BCUT2D eigenvalue weighted by molar-refractivity contribution is -0.140. The van der Waals surface area contributed by atoms with Crippen LogP contribution in [0.15, 0.2) is 64.1 Å². The molecule has 47 heavy (non-hydrogen) atoms. The van der Waals surface area contributed by atoms with Gasteiger partial charge < -0.3 is 29.8 Å². The predicted molar refractivity (Wildman–Crippen MR) is 166 cm³/mol. The van der Waals surface area contributed by atoms with Crippen LogP contribution in [0, 0.1) is 29.9 Å². The van der Waals surface area contributed by atoms with E-state index in [2.05, 4.69) is 21.1 Å². The Labute approximate surface area is 269 Å². The number of nitrogens with zero attached hydrogens (tertiary/aromatic N) is 2. The molecular formula is C33H37F2N5O7. The fourth-order valence-corrected chi connectivity index (χ4v) is 4.89. The summed E-state index contributed by atoms with van der Waals surface area (Å²) in [5.41, 5.74) is -1.09. The molecule has 0 unspecified atom stereocenters. The van der Waals surface area contributed by atoms with Gasteiger partial charge in [0.25, 0.3) is 11.5 Å². The van der Waals surface area contributed by atoms with Gasteiger partial charge in [0.15, 0.2) is 17.3 Å². The highest BCUT2D eigenvalue weighted by atomic mass is 19.2. The van der Waals surface area contributed by atoms with Crippen molar-refractivity contribution in [2.75, 3.05) is 18.5 Å². The second-order valence-electron chi connectivity index (χ2n) is 12.5. The molecule has 1 aromatic carbocycles. The quantitative estimate of drug-likeness (QED) is 0.197. The number of ether oxygens (including phenoxy) is 1. The highest BCUT2D eigenvalue weighted by molar-refractivity contribution is 6.02. The van der Waals surface area contributed by atoms with E-state index in [9.17, 15) is 32.8 Å². The molecule has 0 spiro atoms. The molecule has 4 rings (SSSR count). The molecule has 1 aliphatic heterocycles. The Balaban J connectivity index is 1.65. The van der Waals surface area contributed by atoms with Gasteiger partial charge in [0.05, 0.1) is 6.61 Å². The van der Waals surface area contributed by atoms with Crippen molar-refractivity contribution in [3.63, 3.8) is 0 Å². The second kappa shape index (κ2) is 15.0. The van der Waals surface area contributed by atoms with Crippen LogP contribution in [0.2, 0.25) is 0 Å². The molecule has 3 heterocycles. The first-order chi connectivity index (χ1) is 22.2. The van der Waals surface area contributed by atoms with Crippen LogP contribution >= 0.6 is 0 Å². The second-order valence-corrected chi connectivity index (χ2v) is 12.5. The van der Waals surface area contributed by atoms with Crippen LogP contribution in [0.5, 0.6) is 0 Å². The van der Waals surface area contributed by atoms with Gasteiger partial charge in [-0.2, -0.15) is 0 Å². The zero-order chi connectivity index (χ0) is 34.3. The maximum absolute atomic E-state index is 14.2. The van der Waals surface area contributed by atoms with Crippen LogP contribution in [-0.2, 0) is 25.5 Å². The van der Waals surface area contributed by atoms with E-state index in [1.807, 2.05) is 20.8 Å². The summed E-state index contributed by atoms with van der Waals surface area (Å²) in [5, 5.41) is 11.6. The molecule has 1 aliphatic rings. The van der Waals surface area contributed by atoms with Crippen molar-refractivity contribution in [1.29, 1.82) is 0 Å². The number of amides is 3. The Hall–Kier alpha value is -5.14. The fourth-order valence-electron chi connectivity index (χ4n) is 4.89. The maximum atomic E-state index is 14.2. The summed E-state index contributed by atoms with van der Waals surface area (Å²) in [7, 11) is 0. The molecule has 14 heteroatoms. The lowest BCUT2D eigenvalue weighted by atomic mass is 9.97. The fraction of sp³-hybridized carbons (Fsp3) is 0.394. The van der Waals surface area contributed by atoms with Gasteiger partial charge in [0.1, 0.15) is 17.5 Å². The molecule has 12 nitrogen and oxygen atoms in total. The number of esters is 1. The van der Waals surface area contributed by atoms with Gasteiger partial charge in [-0.3, -0.25) is 19.2 Å². The molecule has 0 saturated carbocycles. The first-order valence-corrected chi connectivity index (χ1v) is 15.0. The average Bonchev–Trinajstić information content (AvgIpc) is 3.63. The standard InChI is InChI=1S/C33H37F2N5O7/c1-19-14-26(39-47-19)30(43)38-25-6-5-13-40(32(25)45)27(16-20-7-9-23(34)24(35)15-20)31(44)37-22(17-21-11-12-36-29(21)42)8-10-28(41)46-18-33(2,3)4/h5-10,13-15,21-22,27H,11-12,16-18H2,1-4H3,(H,36,42)(H,37,44)(H,38,43)/b10-8+/t21-,22+,27-/m0/s1. The topological polar surface area (TPSA) is 162 Å². The average molecular weight is 654 g/mol. The monoisotopic (exact) mass is 653 g/mol. The molecule has 2 aromatic heterocycles. The first kappa shape index (κ1) is 34.7. The molecule has 0 radical (unpaired) electrons. The van der Waals surface area contributed by atoms with Gasteiger partial charge in [-0.05, 0) is 55.0 Å². The number of hydrogen-bond donors (Lipinski definition) is 3. The van der Waals surface area contributed by atoms with Crippen LogP contribution in [0.1, 0.15) is 61.5 Å². The van der Waals surface area contributed by atoms with Crippen molar-refractivity contribution >= 4 is 29.4 Å². The summed E-state index contributed by atoms with van der Waals surface area (Å²) in [6.45, 7) is 7.91. The third-order valence-electron chi connectivity index (χ3n) is 7.28. The molecule has 3 aromatic rings. The molecule has 3 atom stereocenters. The lowest BCUT2D eigenvalue weighted by Crippen LogP contribution is -2.43. The minimum Gasteiger partial charge on any atom is -0.462 e. The SMILES string of the molecule is Cc1cc(C(=O)Nc2cccn([C@@H](Cc3ccc(F)c(F)c3)C(=O)N[C@H](/C=C/C(=O)OCC(C)(C)C)C[C@@H]3CCNC3=O)c2=O)no1. The lowest BCUT2D eigenvalue weighted by Gasteiger charge is -2.24. The number of carbonyl (C=O) groups is 4. The first-order valence-electron chi connectivity index (χ1n) is 15.0. The normalized spacial score (nSPS) is 16.0. The number of carbonyl (C=O) groups excluding carboxylic acids is 4. The number of aromatic nitrogens is 2. The van der Waals surface area contributed by atoms with Gasteiger partial charge in [0, 0.05) is 43.3 Å². The minimum absolute atomic E-state index is 0.0695. The van der Waals surface area contributed by atoms with Crippen LogP contribution in [0.4, 0.5) is 14.5 Å². The van der Waals surface area contributed by atoms with Crippen molar-refractivity contribution in [3.05, 3.63) is 93.8 Å². The number of rotatable bonds is 12. The zero-order valence-electron chi connectivity index (χ0n) is 26.5. The van der Waals surface area contributed by atoms with E-state index >= 15 is 0 Å². The smallest absolute Gasteiger partial charge is 0.330 e. The molecular weight excluding hydrogens is 616 g/mol. The molecule has 250 valence electrons.